The number of Topliss-reactive ketones (excluding diaryl/α,β-unsaturated/α-hetero) is 1. The van der Waals surface area contributed by atoms with Gasteiger partial charge in [-0.1, -0.05) is 6.92 Å². The van der Waals surface area contributed by atoms with E-state index in [0.29, 0.717) is 42.0 Å². The van der Waals surface area contributed by atoms with Crippen molar-refractivity contribution < 1.29 is 14.0 Å². The Morgan fingerprint density at radius 1 is 1.23 bits per heavy atom. The number of aromatic nitrogens is 2. The Balaban J connectivity index is 1.78. The number of benzene rings is 1. The van der Waals surface area contributed by atoms with Crippen LogP contribution in [0.2, 0.25) is 0 Å². The lowest BCUT2D eigenvalue weighted by molar-refractivity contribution is 0.0635. The third kappa shape index (κ3) is 3.79. The summed E-state index contributed by atoms with van der Waals surface area (Å²) in [5, 5.41) is 8.15. The van der Waals surface area contributed by atoms with E-state index in [2.05, 4.69) is 10.2 Å². The highest BCUT2D eigenvalue weighted by molar-refractivity contribution is 5.99. The number of hydrogen-bond donors (Lipinski definition) is 0. The largest absolute Gasteiger partial charge is 0.338 e. The van der Waals surface area contributed by atoms with E-state index in [0.717, 1.165) is 12.8 Å². The molecule has 0 radical (unpaired) electrons. The maximum absolute atomic E-state index is 13.1. The zero-order valence-electron chi connectivity index (χ0n) is 15.0. The van der Waals surface area contributed by atoms with Crippen molar-refractivity contribution in [1.82, 2.24) is 15.1 Å². The Morgan fingerprint density at radius 3 is 2.65 bits per heavy atom. The topological polar surface area (TPSA) is 63.2 Å². The Hall–Kier alpha value is -2.63. The van der Waals surface area contributed by atoms with Gasteiger partial charge in [-0.15, -0.1) is 0 Å². The second-order valence-electron chi connectivity index (χ2n) is 6.66. The average Bonchev–Trinajstić information content (AvgIpc) is 2.67. The summed E-state index contributed by atoms with van der Waals surface area (Å²) in [6.07, 6.45) is 2.12. The predicted molar refractivity (Wildman–Crippen MR) is 95.5 cm³/mol. The molecule has 2 aromatic rings. The molecule has 0 aliphatic carbocycles. The second-order valence-corrected chi connectivity index (χ2v) is 6.66. The number of piperidine rings is 1. The zero-order valence-corrected chi connectivity index (χ0v) is 15.0. The summed E-state index contributed by atoms with van der Waals surface area (Å²) < 4.78 is 13.1. The summed E-state index contributed by atoms with van der Waals surface area (Å²) in [6, 6.07) is 7.35. The van der Waals surface area contributed by atoms with Crippen LogP contribution in [-0.2, 0) is 6.42 Å². The van der Waals surface area contributed by atoms with Crippen molar-refractivity contribution in [2.45, 2.75) is 33.1 Å². The molecule has 1 aromatic carbocycles. The van der Waals surface area contributed by atoms with Crippen LogP contribution in [0.25, 0.3) is 0 Å². The second kappa shape index (κ2) is 7.72. The van der Waals surface area contributed by atoms with Gasteiger partial charge in [0.15, 0.2) is 5.78 Å². The highest BCUT2D eigenvalue weighted by Gasteiger charge is 2.30. The fourth-order valence-corrected chi connectivity index (χ4v) is 3.36. The molecule has 3 rings (SSSR count). The molecule has 1 amide bonds. The highest BCUT2D eigenvalue weighted by atomic mass is 19.1. The van der Waals surface area contributed by atoms with Crippen molar-refractivity contribution >= 4 is 11.7 Å². The monoisotopic (exact) mass is 355 g/mol. The first-order chi connectivity index (χ1) is 12.5. The summed E-state index contributed by atoms with van der Waals surface area (Å²) in [7, 11) is 0. The first-order valence-electron chi connectivity index (χ1n) is 8.92. The van der Waals surface area contributed by atoms with Gasteiger partial charge >= 0.3 is 0 Å². The molecule has 1 aromatic heterocycles. The van der Waals surface area contributed by atoms with Gasteiger partial charge in [-0.3, -0.25) is 9.59 Å². The molecule has 1 atom stereocenters. The number of likely N-dealkylation sites (tertiary alicyclic amines) is 1. The van der Waals surface area contributed by atoms with E-state index in [1.165, 1.54) is 24.3 Å². The Morgan fingerprint density at radius 2 is 1.96 bits per heavy atom. The number of carbonyl (C=O) groups is 2. The third-order valence-corrected chi connectivity index (χ3v) is 4.77. The molecule has 0 saturated carbocycles. The molecule has 2 heterocycles. The molecule has 26 heavy (non-hydrogen) atoms. The third-order valence-electron chi connectivity index (χ3n) is 4.77. The summed E-state index contributed by atoms with van der Waals surface area (Å²) in [5.41, 5.74) is 2.42. The quantitative estimate of drug-likeness (QED) is 0.790. The number of halogens is 1. The van der Waals surface area contributed by atoms with Crippen molar-refractivity contribution in [2.75, 3.05) is 13.1 Å². The number of amides is 1. The van der Waals surface area contributed by atoms with Gasteiger partial charge in [-0.05, 0) is 56.5 Å². The minimum absolute atomic E-state index is 0.0396. The Bertz CT molecular complexity index is 820. The van der Waals surface area contributed by atoms with Crippen molar-refractivity contribution in [1.29, 1.82) is 0 Å². The number of aryl methyl sites for hydroxylation is 2. The van der Waals surface area contributed by atoms with Crippen LogP contribution in [0, 0.1) is 18.7 Å². The molecule has 1 saturated heterocycles. The normalized spacial score (nSPS) is 17.2. The number of ketones is 1. The number of carbonyl (C=O) groups excluding carboxylic acids is 2. The van der Waals surface area contributed by atoms with Gasteiger partial charge in [-0.2, -0.15) is 10.2 Å². The lowest BCUT2D eigenvalue weighted by Gasteiger charge is -2.32. The smallest absolute Gasteiger partial charge is 0.255 e. The molecule has 0 bridgehead atoms. The van der Waals surface area contributed by atoms with E-state index in [1.54, 1.807) is 17.9 Å². The van der Waals surface area contributed by atoms with Crippen molar-refractivity contribution in [3.63, 3.8) is 0 Å². The fraction of sp³-hybridized carbons (Fsp3) is 0.400. The first kappa shape index (κ1) is 18.2. The molecule has 1 aliphatic rings. The SMILES string of the molecule is CCc1nnc(C)cc1C(=O)N1CCCC(C(=O)c2ccc(F)cc2)C1. The minimum Gasteiger partial charge on any atom is -0.338 e. The molecule has 0 spiro atoms. The van der Waals surface area contributed by atoms with Crippen LogP contribution in [0.4, 0.5) is 4.39 Å². The van der Waals surface area contributed by atoms with Gasteiger partial charge < -0.3 is 4.90 Å². The van der Waals surface area contributed by atoms with Gasteiger partial charge in [-0.25, -0.2) is 4.39 Å². The molecular formula is C20H22FN3O2. The van der Waals surface area contributed by atoms with E-state index in [9.17, 15) is 14.0 Å². The molecule has 1 aliphatic heterocycles. The molecule has 1 fully saturated rings. The predicted octanol–water partition coefficient (Wildman–Crippen LogP) is 3.22. The van der Waals surface area contributed by atoms with Gasteiger partial charge in [0.2, 0.25) is 0 Å². The van der Waals surface area contributed by atoms with E-state index in [1.807, 2.05) is 6.92 Å². The van der Waals surface area contributed by atoms with Crippen LogP contribution >= 0.6 is 0 Å². The van der Waals surface area contributed by atoms with Gasteiger partial charge in [0, 0.05) is 24.6 Å². The summed E-state index contributed by atoms with van der Waals surface area (Å²) in [6.45, 7) is 4.74. The molecule has 136 valence electrons. The van der Waals surface area contributed by atoms with Crippen molar-refractivity contribution in [3.05, 3.63) is 58.7 Å². The van der Waals surface area contributed by atoms with Gasteiger partial charge in [0.1, 0.15) is 5.82 Å². The number of hydrogen-bond acceptors (Lipinski definition) is 4. The van der Waals surface area contributed by atoms with E-state index in [-0.39, 0.29) is 23.4 Å². The lowest BCUT2D eigenvalue weighted by Crippen LogP contribution is -2.42. The minimum atomic E-state index is -0.366. The lowest BCUT2D eigenvalue weighted by atomic mass is 9.89. The maximum Gasteiger partial charge on any atom is 0.255 e. The average molecular weight is 355 g/mol. The van der Waals surface area contributed by atoms with E-state index in [4.69, 9.17) is 0 Å². The molecular weight excluding hydrogens is 333 g/mol. The van der Waals surface area contributed by atoms with Crippen LogP contribution in [-0.4, -0.2) is 39.9 Å². The van der Waals surface area contributed by atoms with Gasteiger partial charge in [0.25, 0.3) is 5.91 Å². The fourth-order valence-electron chi connectivity index (χ4n) is 3.36. The van der Waals surface area contributed by atoms with Crippen LogP contribution in [0.5, 0.6) is 0 Å². The van der Waals surface area contributed by atoms with E-state index >= 15 is 0 Å². The summed E-state index contributed by atoms with van der Waals surface area (Å²) in [4.78, 5) is 27.4. The van der Waals surface area contributed by atoms with Crippen LogP contribution in [0.1, 0.15) is 51.9 Å². The Kier molecular flexibility index (Phi) is 5.40. The van der Waals surface area contributed by atoms with Crippen LogP contribution in [0.3, 0.4) is 0 Å². The molecule has 5 nitrogen and oxygen atoms in total. The summed E-state index contributed by atoms with van der Waals surface area (Å²) in [5.74, 6) is -0.771. The van der Waals surface area contributed by atoms with Gasteiger partial charge in [0.05, 0.1) is 17.0 Å². The molecule has 6 heteroatoms. The Labute approximate surface area is 152 Å². The molecule has 1 unspecified atom stereocenters. The number of rotatable bonds is 4. The maximum atomic E-state index is 13.1. The molecule has 0 N–H and O–H groups in total. The van der Waals surface area contributed by atoms with Crippen molar-refractivity contribution in [3.8, 4) is 0 Å². The summed E-state index contributed by atoms with van der Waals surface area (Å²) >= 11 is 0. The standard InChI is InChI=1S/C20H22FN3O2/c1-3-18-17(11-13(2)22-23-18)20(26)24-10-4-5-15(12-24)19(25)14-6-8-16(21)9-7-14/h6-9,11,15H,3-5,10,12H2,1-2H3. The highest BCUT2D eigenvalue weighted by Crippen LogP contribution is 2.23. The zero-order chi connectivity index (χ0) is 18.7. The van der Waals surface area contributed by atoms with Crippen molar-refractivity contribution in [2.24, 2.45) is 5.92 Å². The van der Waals surface area contributed by atoms with Crippen LogP contribution in [0.15, 0.2) is 30.3 Å². The number of nitrogens with zero attached hydrogens (tertiary/aromatic N) is 3. The van der Waals surface area contributed by atoms with Crippen LogP contribution < -0.4 is 0 Å². The van der Waals surface area contributed by atoms with E-state index < -0.39 is 0 Å². The first-order valence-corrected chi connectivity index (χ1v) is 8.92.